The number of hydrogen-bond acceptors (Lipinski definition) is 3. The minimum absolute atomic E-state index is 0. The lowest BCUT2D eigenvalue weighted by Gasteiger charge is -2.23. The molecule has 0 saturated carbocycles. The molecular weight excluding hydrogens is 262 g/mol. The first-order valence-corrected chi connectivity index (χ1v) is 6.54. The Morgan fingerprint density at radius 2 is 2.00 bits per heavy atom. The van der Waals surface area contributed by atoms with Crippen molar-refractivity contribution < 1.29 is 4.79 Å². The SMILES string of the molecule is CCN(CCCNC(=O)CCN)c1ccccc1.Cl. The number of nitrogens with one attached hydrogen (secondary N) is 1. The molecule has 0 saturated heterocycles. The van der Waals surface area contributed by atoms with E-state index in [1.807, 2.05) is 18.2 Å². The third kappa shape index (κ3) is 7.03. The van der Waals surface area contributed by atoms with Crippen molar-refractivity contribution in [3.8, 4) is 0 Å². The van der Waals surface area contributed by atoms with Gasteiger partial charge in [-0.25, -0.2) is 0 Å². The second kappa shape index (κ2) is 10.6. The maximum atomic E-state index is 11.2. The lowest BCUT2D eigenvalue weighted by Crippen LogP contribution is -2.30. The maximum Gasteiger partial charge on any atom is 0.221 e. The van der Waals surface area contributed by atoms with Crippen molar-refractivity contribution in [1.82, 2.24) is 5.32 Å². The average Bonchev–Trinajstić information content (AvgIpc) is 2.40. The molecule has 0 aliphatic heterocycles. The number of rotatable bonds is 8. The molecule has 0 aliphatic carbocycles. The Hall–Kier alpha value is -1.26. The molecule has 1 aromatic rings. The summed E-state index contributed by atoms with van der Waals surface area (Å²) in [5, 5.41) is 2.87. The van der Waals surface area contributed by atoms with Crippen LogP contribution >= 0.6 is 12.4 Å². The Balaban J connectivity index is 0.00000324. The number of anilines is 1. The molecule has 1 amide bonds. The van der Waals surface area contributed by atoms with E-state index in [4.69, 9.17) is 5.73 Å². The second-order valence-corrected chi connectivity index (χ2v) is 4.16. The van der Waals surface area contributed by atoms with Crippen LogP contribution in [0.2, 0.25) is 0 Å². The lowest BCUT2D eigenvalue weighted by atomic mass is 10.2. The van der Waals surface area contributed by atoms with Crippen molar-refractivity contribution in [2.45, 2.75) is 19.8 Å². The van der Waals surface area contributed by atoms with Crippen LogP contribution < -0.4 is 16.0 Å². The molecule has 0 unspecified atom stereocenters. The molecule has 0 fully saturated rings. The summed E-state index contributed by atoms with van der Waals surface area (Å²) in [6.45, 7) is 5.18. The number of amides is 1. The Morgan fingerprint density at radius 3 is 2.58 bits per heavy atom. The van der Waals surface area contributed by atoms with Gasteiger partial charge >= 0.3 is 0 Å². The highest BCUT2D eigenvalue weighted by Gasteiger charge is 2.03. The van der Waals surface area contributed by atoms with E-state index >= 15 is 0 Å². The summed E-state index contributed by atoms with van der Waals surface area (Å²) in [6.07, 6.45) is 1.36. The summed E-state index contributed by atoms with van der Waals surface area (Å²) < 4.78 is 0. The van der Waals surface area contributed by atoms with Gasteiger partial charge in [-0.3, -0.25) is 4.79 Å². The van der Waals surface area contributed by atoms with Crippen LogP contribution in [0, 0.1) is 0 Å². The van der Waals surface area contributed by atoms with E-state index in [2.05, 4.69) is 29.3 Å². The van der Waals surface area contributed by atoms with Gasteiger partial charge in [-0.15, -0.1) is 12.4 Å². The molecule has 0 heterocycles. The highest BCUT2D eigenvalue weighted by Crippen LogP contribution is 2.12. The van der Waals surface area contributed by atoms with Crippen LogP contribution in [0.4, 0.5) is 5.69 Å². The number of carbonyl (C=O) groups is 1. The number of nitrogens with zero attached hydrogens (tertiary/aromatic N) is 1. The zero-order valence-electron chi connectivity index (χ0n) is 11.5. The van der Waals surface area contributed by atoms with Gasteiger partial charge in [0, 0.05) is 38.3 Å². The molecule has 3 N–H and O–H groups in total. The van der Waals surface area contributed by atoms with E-state index in [0.29, 0.717) is 19.5 Å². The van der Waals surface area contributed by atoms with Crippen molar-refractivity contribution in [3.63, 3.8) is 0 Å². The third-order valence-corrected chi connectivity index (χ3v) is 2.80. The van der Waals surface area contributed by atoms with E-state index in [1.54, 1.807) is 0 Å². The van der Waals surface area contributed by atoms with Gasteiger partial charge in [-0.2, -0.15) is 0 Å². The van der Waals surface area contributed by atoms with Crippen LogP contribution in [0.5, 0.6) is 0 Å². The minimum Gasteiger partial charge on any atom is -0.372 e. The van der Waals surface area contributed by atoms with Crippen molar-refractivity contribution in [1.29, 1.82) is 0 Å². The number of hydrogen-bond donors (Lipinski definition) is 2. The van der Waals surface area contributed by atoms with E-state index in [1.165, 1.54) is 5.69 Å². The van der Waals surface area contributed by atoms with Crippen LogP contribution in [0.3, 0.4) is 0 Å². The highest BCUT2D eigenvalue weighted by atomic mass is 35.5. The largest absolute Gasteiger partial charge is 0.372 e. The second-order valence-electron chi connectivity index (χ2n) is 4.16. The van der Waals surface area contributed by atoms with Gasteiger partial charge in [-0.1, -0.05) is 18.2 Å². The normalized spacial score (nSPS) is 9.58. The van der Waals surface area contributed by atoms with Gasteiger partial charge in [-0.05, 0) is 25.5 Å². The van der Waals surface area contributed by atoms with Crippen LogP contribution in [-0.2, 0) is 4.79 Å². The molecule has 0 aliphatic rings. The maximum absolute atomic E-state index is 11.2. The standard InChI is InChI=1S/C14H23N3O.ClH/c1-2-17(13-7-4-3-5-8-13)12-6-11-16-14(18)9-10-15;/h3-5,7-8H,2,6,9-12,15H2,1H3,(H,16,18);1H. The van der Waals surface area contributed by atoms with Crippen LogP contribution in [0.25, 0.3) is 0 Å². The Labute approximate surface area is 121 Å². The zero-order valence-corrected chi connectivity index (χ0v) is 12.3. The fourth-order valence-corrected chi connectivity index (χ4v) is 1.83. The summed E-state index contributed by atoms with van der Waals surface area (Å²) in [7, 11) is 0. The van der Waals surface area contributed by atoms with Crippen molar-refractivity contribution in [2.24, 2.45) is 5.73 Å². The molecule has 0 radical (unpaired) electrons. The van der Waals surface area contributed by atoms with Gasteiger partial charge in [0.2, 0.25) is 5.91 Å². The summed E-state index contributed by atoms with van der Waals surface area (Å²) >= 11 is 0. The van der Waals surface area contributed by atoms with Crippen LogP contribution in [0.1, 0.15) is 19.8 Å². The molecule has 0 bridgehead atoms. The molecular formula is C14H24ClN3O. The molecule has 4 nitrogen and oxygen atoms in total. The zero-order chi connectivity index (χ0) is 13.2. The van der Waals surface area contributed by atoms with Gasteiger partial charge in [0.15, 0.2) is 0 Å². The number of halogens is 1. The summed E-state index contributed by atoms with van der Waals surface area (Å²) in [5.74, 6) is 0.0419. The molecule has 0 atom stereocenters. The fourth-order valence-electron chi connectivity index (χ4n) is 1.83. The molecule has 1 rings (SSSR count). The van der Waals surface area contributed by atoms with Crippen LogP contribution in [0.15, 0.2) is 30.3 Å². The third-order valence-electron chi connectivity index (χ3n) is 2.80. The Morgan fingerprint density at radius 1 is 1.32 bits per heavy atom. The first-order chi connectivity index (χ1) is 8.77. The van der Waals surface area contributed by atoms with E-state index in [9.17, 15) is 4.79 Å². The number of para-hydroxylation sites is 1. The van der Waals surface area contributed by atoms with E-state index < -0.39 is 0 Å². The summed E-state index contributed by atoms with van der Waals surface area (Å²) in [5.41, 5.74) is 6.54. The van der Waals surface area contributed by atoms with Gasteiger partial charge in [0.25, 0.3) is 0 Å². The number of benzene rings is 1. The first kappa shape index (κ1) is 17.7. The first-order valence-electron chi connectivity index (χ1n) is 6.54. The fraction of sp³-hybridized carbons (Fsp3) is 0.500. The van der Waals surface area contributed by atoms with Gasteiger partial charge < -0.3 is 16.0 Å². The van der Waals surface area contributed by atoms with Crippen molar-refractivity contribution >= 4 is 24.0 Å². The van der Waals surface area contributed by atoms with Gasteiger partial charge in [0.05, 0.1) is 0 Å². The molecule has 19 heavy (non-hydrogen) atoms. The lowest BCUT2D eigenvalue weighted by molar-refractivity contribution is -0.120. The minimum atomic E-state index is 0. The molecule has 0 spiro atoms. The summed E-state index contributed by atoms with van der Waals surface area (Å²) in [4.78, 5) is 13.5. The Bertz CT molecular complexity index is 346. The smallest absolute Gasteiger partial charge is 0.221 e. The Kier molecular flexibility index (Phi) is 9.94. The number of nitrogens with two attached hydrogens (primary N) is 1. The molecule has 5 heteroatoms. The average molecular weight is 286 g/mol. The monoisotopic (exact) mass is 285 g/mol. The van der Waals surface area contributed by atoms with Crippen molar-refractivity contribution in [2.75, 3.05) is 31.1 Å². The molecule has 108 valence electrons. The molecule has 1 aromatic carbocycles. The summed E-state index contributed by atoms with van der Waals surface area (Å²) in [6, 6.07) is 10.3. The molecule has 0 aromatic heterocycles. The predicted molar refractivity (Wildman–Crippen MR) is 82.9 cm³/mol. The quantitative estimate of drug-likeness (QED) is 0.716. The van der Waals surface area contributed by atoms with Gasteiger partial charge in [0.1, 0.15) is 0 Å². The van der Waals surface area contributed by atoms with Crippen LogP contribution in [-0.4, -0.2) is 32.1 Å². The topological polar surface area (TPSA) is 58.4 Å². The number of carbonyl (C=O) groups excluding carboxylic acids is 1. The highest BCUT2D eigenvalue weighted by molar-refractivity contribution is 5.85. The van der Waals surface area contributed by atoms with Crippen molar-refractivity contribution in [3.05, 3.63) is 30.3 Å². The van der Waals surface area contributed by atoms with E-state index in [0.717, 1.165) is 19.5 Å². The van der Waals surface area contributed by atoms with E-state index in [-0.39, 0.29) is 18.3 Å². The predicted octanol–water partition coefficient (Wildman–Crippen LogP) is 1.79.